The molecule has 2 atom stereocenters. The van der Waals surface area contributed by atoms with Crippen molar-refractivity contribution >= 4 is 5.91 Å². The maximum atomic E-state index is 11.8. The maximum absolute atomic E-state index is 11.8. The first-order chi connectivity index (χ1) is 8.60. The molecule has 0 aliphatic carbocycles. The Hall–Kier alpha value is -0.870. The van der Waals surface area contributed by atoms with Crippen molar-refractivity contribution in [1.29, 1.82) is 0 Å². The third kappa shape index (κ3) is 3.12. The first kappa shape index (κ1) is 13.6. The zero-order valence-electron chi connectivity index (χ0n) is 11.6. The topological polar surface area (TPSA) is 26.8 Å². The van der Waals surface area contributed by atoms with Crippen LogP contribution in [-0.4, -0.2) is 73.0 Å². The second kappa shape index (κ2) is 5.85. The van der Waals surface area contributed by atoms with E-state index in [9.17, 15) is 4.79 Å². The minimum atomic E-state index is 0.0958. The highest BCUT2D eigenvalue weighted by Gasteiger charge is 2.33. The van der Waals surface area contributed by atoms with Crippen LogP contribution in [0.1, 0.15) is 13.3 Å². The van der Waals surface area contributed by atoms with Gasteiger partial charge < -0.3 is 9.80 Å². The molecule has 2 saturated heterocycles. The predicted molar refractivity (Wildman–Crippen MR) is 73.4 cm³/mol. The summed E-state index contributed by atoms with van der Waals surface area (Å²) >= 11 is 0. The Morgan fingerprint density at radius 2 is 2.00 bits per heavy atom. The van der Waals surface area contributed by atoms with Crippen LogP contribution in [0, 0.1) is 5.92 Å². The molecule has 1 amide bonds. The van der Waals surface area contributed by atoms with E-state index in [1.807, 2.05) is 4.90 Å². The van der Waals surface area contributed by atoms with Gasteiger partial charge in [-0.15, -0.1) is 0 Å². The van der Waals surface area contributed by atoms with Gasteiger partial charge in [0.15, 0.2) is 0 Å². The Bertz CT molecular complexity index is 310. The van der Waals surface area contributed by atoms with Crippen molar-refractivity contribution in [2.45, 2.75) is 19.4 Å². The fourth-order valence-electron chi connectivity index (χ4n) is 3.04. The summed E-state index contributed by atoms with van der Waals surface area (Å²) < 4.78 is 0. The van der Waals surface area contributed by atoms with Crippen molar-refractivity contribution in [3.63, 3.8) is 0 Å². The second-order valence-corrected chi connectivity index (χ2v) is 5.79. The van der Waals surface area contributed by atoms with Crippen molar-refractivity contribution < 1.29 is 4.79 Å². The Labute approximate surface area is 110 Å². The maximum Gasteiger partial charge on any atom is 0.246 e. The zero-order valence-corrected chi connectivity index (χ0v) is 11.6. The molecule has 2 aliphatic heterocycles. The van der Waals surface area contributed by atoms with Gasteiger partial charge in [0.2, 0.25) is 5.91 Å². The lowest BCUT2D eigenvalue weighted by Gasteiger charge is -2.35. The van der Waals surface area contributed by atoms with Gasteiger partial charge in [-0.2, -0.15) is 0 Å². The van der Waals surface area contributed by atoms with E-state index < -0.39 is 0 Å². The van der Waals surface area contributed by atoms with E-state index in [2.05, 4.69) is 30.4 Å². The lowest BCUT2D eigenvalue weighted by Crippen LogP contribution is -2.49. The molecule has 0 N–H and O–H groups in total. The molecule has 2 aliphatic rings. The van der Waals surface area contributed by atoms with Crippen LogP contribution >= 0.6 is 0 Å². The number of amides is 1. The monoisotopic (exact) mass is 251 g/mol. The van der Waals surface area contributed by atoms with Crippen molar-refractivity contribution in [3.8, 4) is 0 Å². The molecule has 0 unspecified atom stereocenters. The minimum Gasteiger partial charge on any atom is -0.335 e. The van der Waals surface area contributed by atoms with Gasteiger partial charge in [0.25, 0.3) is 0 Å². The van der Waals surface area contributed by atoms with Crippen LogP contribution in [0.3, 0.4) is 0 Å². The number of piperazine rings is 1. The van der Waals surface area contributed by atoms with E-state index >= 15 is 0 Å². The Morgan fingerprint density at radius 3 is 2.61 bits per heavy atom. The van der Waals surface area contributed by atoms with Crippen molar-refractivity contribution in [1.82, 2.24) is 14.7 Å². The summed E-state index contributed by atoms with van der Waals surface area (Å²) in [5.74, 6) is 0.713. The Kier molecular flexibility index (Phi) is 4.40. The van der Waals surface area contributed by atoms with Crippen LogP contribution in [-0.2, 0) is 4.79 Å². The number of carbonyl (C=O) groups is 1. The van der Waals surface area contributed by atoms with Crippen LogP contribution < -0.4 is 0 Å². The molecule has 0 radical (unpaired) electrons. The van der Waals surface area contributed by atoms with Gasteiger partial charge in [0.1, 0.15) is 0 Å². The molecular weight excluding hydrogens is 226 g/mol. The van der Waals surface area contributed by atoms with Gasteiger partial charge in [0.05, 0.1) is 0 Å². The van der Waals surface area contributed by atoms with Gasteiger partial charge in [-0.3, -0.25) is 9.69 Å². The first-order valence-corrected chi connectivity index (χ1v) is 6.94. The summed E-state index contributed by atoms with van der Waals surface area (Å²) in [6.07, 6.45) is 2.58. The van der Waals surface area contributed by atoms with Crippen LogP contribution in [0.2, 0.25) is 0 Å². The molecule has 0 spiro atoms. The quantitative estimate of drug-likeness (QED) is 0.689. The molecule has 0 bridgehead atoms. The SMILES string of the molecule is C=CC(=O)N1C[C@@H](C)C[C@@H]1CN1CCN(C)CC1. The molecule has 0 aromatic rings. The summed E-state index contributed by atoms with van der Waals surface area (Å²) in [6, 6.07) is 0.383. The molecule has 4 heteroatoms. The van der Waals surface area contributed by atoms with Crippen molar-refractivity contribution in [2.24, 2.45) is 5.92 Å². The van der Waals surface area contributed by atoms with Gasteiger partial charge >= 0.3 is 0 Å². The fourth-order valence-corrected chi connectivity index (χ4v) is 3.04. The van der Waals surface area contributed by atoms with Gasteiger partial charge in [-0.25, -0.2) is 0 Å². The highest BCUT2D eigenvalue weighted by Crippen LogP contribution is 2.24. The third-order valence-electron chi connectivity index (χ3n) is 4.15. The smallest absolute Gasteiger partial charge is 0.246 e. The summed E-state index contributed by atoms with van der Waals surface area (Å²) in [4.78, 5) is 18.7. The number of rotatable bonds is 3. The van der Waals surface area contributed by atoms with Crippen LogP contribution in [0.25, 0.3) is 0 Å². The zero-order chi connectivity index (χ0) is 13.1. The highest BCUT2D eigenvalue weighted by atomic mass is 16.2. The first-order valence-electron chi connectivity index (χ1n) is 6.94. The molecule has 0 aromatic carbocycles. The number of likely N-dealkylation sites (tertiary alicyclic amines) is 1. The lowest BCUT2D eigenvalue weighted by atomic mass is 10.1. The molecule has 2 fully saturated rings. The largest absolute Gasteiger partial charge is 0.335 e. The Morgan fingerprint density at radius 1 is 1.33 bits per heavy atom. The van der Waals surface area contributed by atoms with E-state index in [4.69, 9.17) is 0 Å². The summed E-state index contributed by atoms with van der Waals surface area (Å²) in [5.41, 5.74) is 0. The molecule has 0 aromatic heterocycles. The van der Waals surface area contributed by atoms with E-state index in [0.29, 0.717) is 12.0 Å². The number of carbonyl (C=O) groups excluding carboxylic acids is 1. The summed E-state index contributed by atoms with van der Waals surface area (Å²) in [7, 11) is 2.17. The number of hydrogen-bond donors (Lipinski definition) is 0. The van der Waals surface area contributed by atoms with Crippen LogP contribution in [0.15, 0.2) is 12.7 Å². The average Bonchev–Trinajstić information content (AvgIpc) is 2.72. The third-order valence-corrected chi connectivity index (χ3v) is 4.15. The van der Waals surface area contributed by atoms with Crippen molar-refractivity contribution in [2.75, 3.05) is 46.3 Å². The standard InChI is InChI=1S/C14H25N3O/c1-4-14(18)17-10-12(2)9-13(17)11-16-7-5-15(3)6-8-16/h4,12-13H,1,5-11H2,2-3H3/t12-,13+/m0/s1. The van der Waals surface area contributed by atoms with E-state index in [1.54, 1.807) is 0 Å². The van der Waals surface area contributed by atoms with Crippen LogP contribution in [0.4, 0.5) is 0 Å². The normalized spacial score (nSPS) is 30.7. The predicted octanol–water partition coefficient (Wildman–Crippen LogP) is 0.657. The summed E-state index contributed by atoms with van der Waals surface area (Å²) in [5, 5.41) is 0. The molecule has 4 nitrogen and oxygen atoms in total. The highest BCUT2D eigenvalue weighted by molar-refractivity contribution is 5.87. The average molecular weight is 251 g/mol. The van der Waals surface area contributed by atoms with E-state index in [-0.39, 0.29) is 5.91 Å². The molecule has 18 heavy (non-hydrogen) atoms. The van der Waals surface area contributed by atoms with E-state index in [1.165, 1.54) is 6.08 Å². The van der Waals surface area contributed by atoms with Gasteiger partial charge in [-0.05, 0) is 25.5 Å². The number of likely N-dealkylation sites (N-methyl/N-ethyl adjacent to an activating group) is 1. The minimum absolute atomic E-state index is 0.0958. The molecule has 2 rings (SSSR count). The molecule has 0 saturated carbocycles. The molecule has 102 valence electrons. The molecule has 2 heterocycles. The van der Waals surface area contributed by atoms with Gasteiger partial charge in [0, 0.05) is 45.3 Å². The lowest BCUT2D eigenvalue weighted by molar-refractivity contribution is -0.127. The number of hydrogen-bond acceptors (Lipinski definition) is 3. The summed E-state index contributed by atoms with van der Waals surface area (Å²) in [6.45, 7) is 12.3. The molecular formula is C14H25N3O. The second-order valence-electron chi connectivity index (χ2n) is 5.79. The Balaban J connectivity index is 1.90. The van der Waals surface area contributed by atoms with Crippen LogP contribution in [0.5, 0.6) is 0 Å². The van der Waals surface area contributed by atoms with E-state index in [0.717, 1.165) is 45.7 Å². The van der Waals surface area contributed by atoms with Gasteiger partial charge in [-0.1, -0.05) is 13.5 Å². The van der Waals surface area contributed by atoms with Crippen molar-refractivity contribution in [3.05, 3.63) is 12.7 Å². The fraction of sp³-hybridized carbons (Fsp3) is 0.786. The number of nitrogens with zero attached hydrogens (tertiary/aromatic N) is 3.